The van der Waals surface area contributed by atoms with E-state index in [1.54, 1.807) is 18.4 Å². The minimum Gasteiger partial charge on any atom is -0.377 e. The Morgan fingerprint density at radius 3 is 2.86 bits per heavy atom. The van der Waals surface area contributed by atoms with E-state index in [2.05, 4.69) is 46.5 Å². The fraction of sp³-hybridized carbons (Fsp3) is 0.429. The number of morpholine rings is 1. The molecule has 0 spiro atoms. The molecule has 1 aromatic carbocycles. The van der Waals surface area contributed by atoms with Crippen molar-refractivity contribution in [3.05, 3.63) is 41.5 Å². The van der Waals surface area contributed by atoms with Crippen LogP contribution in [0.25, 0.3) is 21.3 Å². The second kappa shape index (κ2) is 7.40. The first kappa shape index (κ1) is 18.0. The lowest BCUT2D eigenvalue weighted by Gasteiger charge is -2.33. The summed E-state index contributed by atoms with van der Waals surface area (Å²) >= 11 is 1.67. The molecule has 2 saturated heterocycles. The van der Waals surface area contributed by atoms with Crippen molar-refractivity contribution in [2.24, 2.45) is 0 Å². The van der Waals surface area contributed by atoms with Gasteiger partial charge in [0.1, 0.15) is 17.3 Å². The summed E-state index contributed by atoms with van der Waals surface area (Å²) in [7, 11) is 3.87. The van der Waals surface area contributed by atoms with Crippen LogP contribution in [0, 0.1) is 0 Å². The Kier molecular flexibility index (Phi) is 4.76. The zero-order valence-corrected chi connectivity index (χ0v) is 17.0. The molecule has 28 heavy (non-hydrogen) atoms. The molecule has 0 N–H and O–H groups in total. The molecule has 0 amide bonds. The van der Waals surface area contributed by atoms with E-state index in [9.17, 15) is 0 Å². The number of methoxy groups -OCH3 is 1. The summed E-state index contributed by atoms with van der Waals surface area (Å²) in [5.41, 5.74) is 2.40. The summed E-state index contributed by atoms with van der Waals surface area (Å²) in [6, 6.07) is 10.9. The normalized spacial score (nSPS) is 22.7. The Morgan fingerprint density at radius 1 is 1.21 bits per heavy atom. The van der Waals surface area contributed by atoms with E-state index >= 15 is 0 Å². The SMILES string of the molecule is COCc1nc(N2CC3OCCN(C)C3C2)c2c(-c3ccccc3)csc2n1. The Labute approximate surface area is 168 Å². The van der Waals surface area contributed by atoms with Gasteiger partial charge in [-0.05, 0) is 12.6 Å². The van der Waals surface area contributed by atoms with Crippen molar-refractivity contribution in [3.8, 4) is 11.1 Å². The molecule has 0 saturated carbocycles. The van der Waals surface area contributed by atoms with Gasteiger partial charge in [-0.1, -0.05) is 30.3 Å². The molecule has 2 atom stereocenters. The van der Waals surface area contributed by atoms with Gasteiger partial charge >= 0.3 is 0 Å². The summed E-state index contributed by atoms with van der Waals surface area (Å²) in [5.74, 6) is 1.74. The average Bonchev–Trinajstić information content (AvgIpc) is 3.33. The van der Waals surface area contributed by atoms with Gasteiger partial charge in [-0.3, -0.25) is 4.90 Å². The number of fused-ring (bicyclic) bond motifs is 2. The largest absolute Gasteiger partial charge is 0.377 e. The summed E-state index contributed by atoms with van der Waals surface area (Å²) in [6.07, 6.45) is 0.230. The van der Waals surface area contributed by atoms with E-state index in [0.717, 1.165) is 48.1 Å². The maximum Gasteiger partial charge on any atom is 0.158 e. The molecule has 146 valence electrons. The zero-order chi connectivity index (χ0) is 19.1. The lowest BCUT2D eigenvalue weighted by molar-refractivity contribution is -0.0362. The lowest BCUT2D eigenvalue weighted by atomic mass is 10.1. The molecule has 2 aromatic heterocycles. The number of nitrogens with zero attached hydrogens (tertiary/aromatic N) is 4. The van der Waals surface area contributed by atoms with E-state index < -0.39 is 0 Å². The Morgan fingerprint density at radius 2 is 2.07 bits per heavy atom. The van der Waals surface area contributed by atoms with E-state index in [1.165, 1.54) is 11.1 Å². The van der Waals surface area contributed by atoms with Crippen LogP contribution in [0.2, 0.25) is 0 Å². The molecule has 0 aliphatic carbocycles. The Hall–Kier alpha value is -2.06. The molecular formula is C21H24N4O2S. The number of aromatic nitrogens is 2. The fourth-order valence-electron chi connectivity index (χ4n) is 4.25. The standard InChI is InChI=1S/C21H24N4O2S/c1-24-8-9-27-17-11-25(10-16(17)24)20-19-15(14-6-4-3-5-7-14)13-28-21(19)23-18(22-20)12-26-2/h3-7,13,16-17H,8-12H2,1-2H3. The molecular weight excluding hydrogens is 372 g/mol. The molecule has 0 radical (unpaired) electrons. The van der Waals surface area contributed by atoms with Crippen LogP contribution in [0.4, 0.5) is 5.82 Å². The number of hydrogen-bond donors (Lipinski definition) is 0. The molecule has 2 fully saturated rings. The smallest absolute Gasteiger partial charge is 0.158 e. The first-order valence-electron chi connectivity index (χ1n) is 9.64. The highest BCUT2D eigenvalue weighted by atomic mass is 32.1. The first-order chi connectivity index (χ1) is 13.7. The van der Waals surface area contributed by atoms with Crippen molar-refractivity contribution in [2.45, 2.75) is 18.8 Å². The van der Waals surface area contributed by atoms with E-state index in [-0.39, 0.29) is 6.10 Å². The zero-order valence-electron chi connectivity index (χ0n) is 16.2. The molecule has 5 rings (SSSR count). The number of anilines is 1. The van der Waals surface area contributed by atoms with Crippen molar-refractivity contribution < 1.29 is 9.47 Å². The predicted octanol–water partition coefficient (Wildman–Crippen LogP) is 3.02. The van der Waals surface area contributed by atoms with Gasteiger partial charge in [0.15, 0.2) is 5.82 Å². The number of benzene rings is 1. The van der Waals surface area contributed by atoms with Crippen molar-refractivity contribution >= 4 is 27.4 Å². The van der Waals surface area contributed by atoms with Crippen LogP contribution in [0.15, 0.2) is 35.7 Å². The number of thiophene rings is 1. The third kappa shape index (κ3) is 3.08. The molecule has 2 aliphatic heterocycles. The van der Waals surface area contributed by atoms with E-state index in [0.29, 0.717) is 12.6 Å². The average molecular weight is 397 g/mol. The van der Waals surface area contributed by atoms with Crippen LogP contribution >= 0.6 is 11.3 Å². The number of likely N-dealkylation sites (N-methyl/N-ethyl adjacent to an activating group) is 1. The van der Waals surface area contributed by atoms with Crippen LogP contribution in [0.5, 0.6) is 0 Å². The quantitative estimate of drug-likeness (QED) is 0.676. The maximum atomic E-state index is 6.06. The van der Waals surface area contributed by atoms with Crippen molar-refractivity contribution in [3.63, 3.8) is 0 Å². The molecule has 2 unspecified atom stereocenters. The van der Waals surface area contributed by atoms with Crippen LogP contribution < -0.4 is 4.90 Å². The topological polar surface area (TPSA) is 50.7 Å². The summed E-state index contributed by atoms with van der Waals surface area (Å²) in [6.45, 7) is 3.98. The van der Waals surface area contributed by atoms with Gasteiger partial charge < -0.3 is 14.4 Å². The summed E-state index contributed by atoms with van der Waals surface area (Å²) in [5, 5.41) is 3.33. The van der Waals surface area contributed by atoms with Crippen molar-refractivity contribution in [1.82, 2.24) is 14.9 Å². The number of ether oxygens (including phenoxy) is 2. The fourth-order valence-corrected chi connectivity index (χ4v) is 5.21. The molecule has 3 aromatic rings. The molecule has 7 heteroatoms. The van der Waals surface area contributed by atoms with Crippen molar-refractivity contribution in [1.29, 1.82) is 0 Å². The van der Waals surface area contributed by atoms with Gasteiger partial charge in [0.05, 0.1) is 24.1 Å². The van der Waals surface area contributed by atoms with Crippen LogP contribution in [-0.2, 0) is 16.1 Å². The van der Waals surface area contributed by atoms with Crippen LogP contribution in [-0.4, -0.2) is 67.4 Å². The van der Waals surface area contributed by atoms with Gasteiger partial charge in [-0.25, -0.2) is 9.97 Å². The molecule has 0 bridgehead atoms. The Balaban J connectivity index is 1.62. The third-order valence-corrected chi connectivity index (χ3v) is 6.57. The lowest BCUT2D eigenvalue weighted by Crippen LogP contribution is -2.48. The minimum absolute atomic E-state index is 0.230. The van der Waals surface area contributed by atoms with E-state index in [1.807, 2.05) is 6.07 Å². The van der Waals surface area contributed by atoms with E-state index in [4.69, 9.17) is 19.4 Å². The van der Waals surface area contributed by atoms with Gasteiger partial charge in [0.25, 0.3) is 0 Å². The van der Waals surface area contributed by atoms with Crippen LogP contribution in [0.1, 0.15) is 5.82 Å². The van der Waals surface area contributed by atoms with Crippen molar-refractivity contribution in [2.75, 3.05) is 45.3 Å². The molecule has 4 heterocycles. The highest BCUT2D eigenvalue weighted by Gasteiger charge is 2.40. The van der Waals surface area contributed by atoms with Gasteiger partial charge in [-0.15, -0.1) is 11.3 Å². The third-order valence-electron chi connectivity index (χ3n) is 5.70. The maximum absolute atomic E-state index is 6.06. The molecule has 6 nitrogen and oxygen atoms in total. The first-order valence-corrected chi connectivity index (χ1v) is 10.5. The van der Waals surface area contributed by atoms with Gasteiger partial charge in [0, 0.05) is 37.7 Å². The van der Waals surface area contributed by atoms with Gasteiger partial charge in [-0.2, -0.15) is 0 Å². The monoisotopic (exact) mass is 396 g/mol. The summed E-state index contributed by atoms with van der Waals surface area (Å²) in [4.78, 5) is 15.5. The highest BCUT2D eigenvalue weighted by Crippen LogP contribution is 2.40. The minimum atomic E-state index is 0.230. The van der Waals surface area contributed by atoms with Gasteiger partial charge in [0.2, 0.25) is 0 Å². The number of hydrogen-bond acceptors (Lipinski definition) is 7. The highest BCUT2D eigenvalue weighted by molar-refractivity contribution is 7.17. The predicted molar refractivity (Wildman–Crippen MR) is 112 cm³/mol. The summed E-state index contributed by atoms with van der Waals surface area (Å²) < 4.78 is 11.4. The Bertz CT molecular complexity index is 977. The van der Waals surface area contributed by atoms with Crippen LogP contribution in [0.3, 0.4) is 0 Å². The second-order valence-electron chi connectivity index (χ2n) is 7.45. The molecule has 2 aliphatic rings. The second-order valence-corrected chi connectivity index (χ2v) is 8.31. The number of rotatable bonds is 4.